The fraction of sp³-hybridized carbons (Fsp3) is 0.368. The van der Waals surface area contributed by atoms with Crippen molar-refractivity contribution >= 4 is 34.0 Å². The second kappa shape index (κ2) is 9.94. The van der Waals surface area contributed by atoms with Gasteiger partial charge in [-0.3, -0.25) is 15.6 Å². The summed E-state index contributed by atoms with van der Waals surface area (Å²) in [7, 11) is 4.21. The van der Waals surface area contributed by atoms with Gasteiger partial charge in [0.05, 0.1) is 20.6 Å². The number of hydrogen-bond donors (Lipinski definition) is 4. The minimum Gasteiger partial charge on any atom is -0.481 e. The molecule has 0 saturated carbocycles. The van der Waals surface area contributed by atoms with Crippen molar-refractivity contribution in [3.63, 3.8) is 0 Å². The molecule has 0 fully saturated rings. The zero-order chi connectivity index (χ0) is 18.9. The van der Waals surface area contributed by atoms with Crippen molar-refractivity contribution in [1.29, 1.82) is 0 Å². The van der Waals surface area contributed by atoms with Crippen LogP contribution in [0.5, 0.6) is 5.75 Å². The third kappa shape index (κ3) is 6.50. The standard InChI is InChI=1S/C19H26N4O2S/c1-14(18(24)21-22-19(26)20-11-6-12-23(2)3)25-17-10-9-15-7-4-5-8-16(15)13-17/h4-5,7-10,13-14H,6,11-12H2,1-3H3,(H,21,24)(H2,20,22,26)/p+1/t14-/m1/s1. The molecule has 140 valence electrons. The first kappa shape index (κ1) is 19.9. The maximum absolute atomic E-state index is 12.1. The minimum atomic E-state index is -0.649. The van der Waals surface area contributed by atoms with Gasteiger partial charge in [0.25, 0.3) is 5.91 Å². The topological polar surface area (TPSA) is 66.8 Å². The number of nitrogens with one attached hydrogen (secondary N) is 4. The monoisotopic (exact) mass is 375 g/mol. The lowest BCUT2D eigenvalue weighted by atomic mass is 10.1. The first-order chi connectivity index (χ1) is 12.5. The fourth-order valence-electron chi connectivity index (χ4n) is 2.41. The quantitative estimate of drug-likeness (QED) is 0.325. The number of quaternary nitrogens is 1. The van der Waals surface area contributed by atoms with Gasteiger partial charge in [-0.25, -0.2) is 0 Å². The Morgan fingerprint density at radius 3 is 2.62 bits per heavy atom. The molecule has 1 atom stereocenters. The van der Waals surface area contributed by atoms with Crippen molar-refractivity contribution in [2.24, 2.45) is 0 Å². The molecule has 2 aromatic carbocycles. The number of amides is 1. The molecule has 6 nitrogen and oxygen atoms in total. The Morgan fingerprint density at radius 1 is 1.15 bits per heavy atom. The third-order valence-corrected chi connectivity index (χ3v) is 4.09. The van der Waals surface area contributed by atoms with E-state index in [0.717, 1.165) is 30.3 Å². The lowest BCUT2D eigenvalue weighted by Gasteiger charge is -2.17. The van der Waals surface area contributed by atoms with Crippen LogP contribution in [0.4, 0.5) is 0 Å². The average Bonchev–Trinajstić information content (AvgIpc) is 2.63. The van der Waals surface area contributed by atoms with Crippen molar-refractivity contribution in [2.75, 3.05) is 27.2 Å². The number of ether oxygens (including phenoxy) is 1. The first-order valence-corrected chi connectivity index (χ1v) is 9.14. The Labute approximate surface area is 159 Å². The number of hydrazine groups is 1. The second-order valence-corrected chi connectivity index (χ2v) is 6.86. The van der Waals surface area contributed by atoms with Gasteiger partial charge in [0.1, 0.15) is 5.75 Å². The zero-order valence-corrected chi connectivity index (χ0v) is 16.3. The fourth-order valence-corrected chi connectivity index (χ4v) is 2.56. The van der Waals surface area contributed by atoms with Gasteiger partial charge in [-0.2, -0.15) is 0 Å². The molecule has 0 aliphatic carbocycles. The van der Waals surface area contributed by atoms with Gasteiger partial charge in [-0.15, -0.1) is 0 Å². The van der Waals surface area contributed by atoms with Gasteiger partial charge in [0.2, 0.25) is 0 Å². The summed E-state index contributed by atoms with van der Waals surface area (Å²) in [5.74, 6) is 0.360. The van der Waals surface area contributed by atoms with Crippen LogP contribution in [0.25, 0.3) is 10.8 Å². The summed E-state index contributed by atoms with van der Waals surface area (Å²) in [6.45, 7) is 3.51. The number of rotatable bonds is 7. The van der Waals surface area contributed by atoms with Gasteiger partial charge in [-0.1, -0.05) is 30.3 Å². The van der Waals surface area contributed by atoms with Crippen molar-refractivity contribution in [2.45, 2.75) is 19.4 Å². The van der Waals surface area contributed by atoms with E-state index in [1.54, 1.807) is 6.92 Å². The number of hydrogen-bond acceptors (Lipinski definition) is 3. The molecule has 0 unspecified atom stereocenters. The molecule has 4 N–H and O–H groups in total. The van der Waals surface area contributed by atoms with Crippen LogP contribution in [-0.2, 0) is 4.79 Å². The predicted molar refractivity (Wildman–Crippen MR) is 108 cm³/mol. The Hall–Kier alpha value is -2.38. The van der Waals surface area contributed by atoms with Crippen LogP contribution in [0, 0.1) is 0 Å². The van der Waals surface area contributed by atoms with Crippen LogP contribution in [0.15, 0.2) is 42.5 Å². The highest BCUT2D eigenvalue weighted by atomic mass is 32.1. The van der Waals surface area contributed by atoms with Gasteiger partial charge >= 0.3 is 0 Å². The molecule has 2 rings (SSSR count). The Kier molecular flexibility index (Phi) is 7.62. The summed E-state index contributed by atoms with van der Waals surface area (Å²) >= 11 is 5.14. The maximum Gasteiger partial charge on any atom is 0.279 e. The van der Waals surface area contributed by atoms with Crippen molar-refractivity contribution < 1.29 is 14.4 Å². The largest absolute Gasteiger partial charge is 0.481 e. The average molecular weight is 376 g/mol. The van der Waals surface area contributed by atoms with E-state index in [4.69, 9.17) is 17.0 Å². The molecule has 2 aromatic rings. The maximum atomic E-state index is 12.1. The Morgan fingerprint density at radius 2 is 1.88 bits per heavy atom. The number of thiocarbonyl (C=S) groups is 1. The number of carbonyl (C=O) groups is 1. The highest BCUT2D eigenvalue weighted by molar-refractivity contribution is 7.80. The van der Waals surface area contributed by atoms with Gasteiger partial charge < -0.3 is 15.0 Å². The van der Waals surface area contributed by atoms with Crippen LogP contribution >= 0.6 is 12.2 Å². The predicted octanol–water partition coefficient (Wildman–Crippen LogP) is 0.637. The zero-order valence-electron chi connectivity index (χ0n) is 15.5. The Balaban J connectivity index is 1.75. The number of fused-ring (bicyclic) bond motifs is 1. The van der Waals surface area contributed by atoms with Gasteiger partial charge in [0, 0.05) is 13.0 Å². The highest BCUT2D eigenvalue weighted by Crippen LogP contribution is 2.21. The van der Waals surface area contributed by atoms with E-state index < -0.39 is 6.10 Å². The van der Waals surface area contributed by atoms with E-state index >= 15 is 0 Å². The normalized spacial score (nSPS) is 11.8. The van der Waals surface area contributed by atoms with Crippen LogP contribution in [0.2, 0.25) is 0 Å². The molecule has 0 aromatic heterocycles. The lowest BCUT2D eigenvalue weighted by molar-refractivity contribution is -0.858. The van der Waals surface area contributed by atoms with Crippen LogP contribution < -0.4 is 25.8 Å². The van der Waals surface area contributed by atoms with Crippen molar-refractivity contribution in [3.05, 3.63) is 42.5 Å². The molecular weight excluding hydrogens is 348 g/mol. The first-order valence-electron chi connectivity index (χ1n) is 8.74. The molecule has 0 aliphatic heterocycles. The van der Waals surface area contributed by atoms with Crippen LogP contribution in [0.1, 0.15) is 13.3 Å². The second-order valence-electron chi connectivity index (χ2n) is 6.45. The SMILES string of the molecule is C[C@@H](Oc1ccc2ccccc2c1)C(=O)NNC(=S)NCCC[NH+](C)C. The number of benzene rings is 2. The smallest absolute Gasteiger partial charge is 0.279 e. The molecule has 0 radical (unpaired) electrons. The molecule has 1 amide bonds. The molecule has 26 heavy (non-hydrogen) atoms. The summed E-state index contributed by atoms with van der Waals surface area (Å²) < 4.78 is 5.72. The van der Waals surface area contributed by atoms with Gasteiger partial charge in [0.15, 0.2) is 11.2 Å². The summed E-state index contributed by atoms with van der Waals surface area (Å²) in [6.07, 6.45) is 0.350. The summed E-state index contributed by atoms with van der Waals surface area (Å²) in [5.41, 5.74) is 5.27. The summed E-state index contributed by atoms with van der Waals surface area (Å²) in [4.78, 5) is 13.5. The lowest BCUT2D eigenvalue weighted by Crippen LogP contribution is -3.05. The van der Waals surface area contributed by atoms with Crippen molar-refractivity contribution in [1.82, 2.24) is 16.2 Å². The molecule has 0 spiro atoms. The van der Waals surface area contributed by atoms with E-state index in [1.165, 1.54) is 4.90 Å². The minimum absolute atomic E-state index is 0.292. The summed E-state index contributed by atoms with van der Waals surface area (Å²) in [6, 6.07) is 13.8. The molecule has 0 aliphatic rings. The Bertz CT molecular complexity index is 751. The molecule has 0 saturated heterocycles. The number of carbonyl (C=O) groups excluding carboxylic acids is 1. The molecule has 7 heteroatoms. The van der Waals surface area contributed by atoms with E-state index in [-0.39, 0.29) is 5.91 Å². The van der Waals surface area contributed by atoms with E-state index in [1.807, 2.05) is 42.5 Å². The molecule has 0 bridgehead atoms. The van der Waals surface area contributed by atoms with E-state index in [9.17, 15) is 4.79 Å². The highest BCUT2D eigenvalue weighted by Gasteiger charge is 2.15. The van der Waals surface area contributed by atoms with E-state index in [0.29, 0.717) is 10.9 Å². The van der Waals surface area contributed by atoms with Gasteiger partial charge in [-0.05, 0) is 42.0 Å². The van der Waals surface area contributed by atoms with Crippen molar-refractivity contribution in [3.8, 4) is 5.75 Å². The van der Waals surface area contributed by atoms with Crippen LogP contribution in [0.3, 0.4) is 0 Å². The third-order valence-electron chi connectivity index (χ3n) is 3.84. The molecule has 0 heterocycles. The van der Waals surface area contributed by atoms with Crippen LogP contribution in [-0.4, -0.2) is 44.3 Å². The molecular formula is C19H27N4O2S+. The van der Waals surface area contributed by atoms with E-state index in [2.05, 4.69) is 30.3 Å². The summed E-state index contributed by atoms with van der Waals surface area (Å²) in [5, 5.41) is 5.65.